The summed E-state index contributed by atoms with van der Waals surface area (Å²) in [7, 11) is 0. The van der Waals surface area contributed by atoms with Crippen molar-refractivity contribution in [1.29, 1.82) is 0 Å². The molecule has 1 N–H and O–H groups in total. The van der Waals surface area contributed by atoms with Crippen LogP contribution in [0.4, 0.5) is 0 Å². The van der Waals surface area contributed by atoms with Gasteiger partial charge in [-0.05, 0) is 40.9 Å². The Kier molecular flexibility index (Phi) is 2.67. The summed E-state index contributed by atoms with van der Waals surface area (Å²) in [6.07, 6.45) is 5.27. The van der Waals surface area contributed by atoms with Crippen LogP contribution in [-0.2, 0) is 0 Å². The zero-order valence-electron chi connectivity index (χ0n) is 9.19. The summed E-state index contributed by atoms with van der Waals surface area (Å²) in [5, 5.41) is 9.63. The van der Waals surface area contributed by atoms with Gasteiger partial charge < -0.3 is 9.52 Å². The van der Waals surface area contributed by atoms with Crippen LogP contribution in [0.15, 0.2) is 33.4 Å². The molecule has 0 atom stereocenters. The maximum absolute atomic E-state index is 9.63. The van der Waals surface area contributed by atoms with Crippen molar-refractivity contribution in [2.75, 3.05) is 0 Å². The molecule has 0 spiro atoms. The van der Waals surface area contributed by atoms with Crippen molar-refractivity contribution in [2.45, 2.75) is 25.2 Å². The van der Waals surface area contributed by atoms with E-state index in [9.17, 15) is 5.11 Å². The molecule has 88 valence electrons. The van der Waals surface area contributed by atoms with Crippen LogP contribution in [0.3, 0.4) is 0 Å². The molecule has 0 radical (unpaired) electrons. The number of hydrogen-bond acceptors (Lipinski definition) is 3. The van der Waals surface area contributed by atoms with E-state index in [0.717, 1.165) is 17.1 Å². The Morgan fingerprint density at radius 1 is 1.35 bits per heavy atom. The molecule has 3 nitrogen and oxygen atoms in total. The molecular formula is C13H12BrNO2. The van der Waals surface area contributed by atoms with Gasteiger partial charge in [-0.15, -0.1) is 0 Å². The van der Waals surface area contributed by atoms with Crippen molar-refractivity contribution < 1.29 is 9.52 Å². The number of phenolic OH excluding ortho intramolecular Hbond substituents is 1. The SMILES string of the molecule is Oc1cc(-c2coc(C3CCC3)n2)ccc1Br. The lowest BCUT2D eigenvalue weighted by molar-refractivity contribution is 0.335. The lowest BCUT2D eigenvalue weighted by Crippen LogP contribution is -2.08. The Labute approximate surface area is 108 Å². The van der Waals surface area contributed by atoms with Crippen LogP contribution in [0.25, 0.3) is 11.3 Å². The number of hydrogen-bond donors (Lipinski definition) is 1. The summed E-state index contributed by atoms with van der Waals surface area (Å²) >= 11 is 3.26. The largest absolute Gasteiger partial charge is 0.507 e. The van der Waals surface area contributed by atoms with Gasteiger partial charge in [0.1, 0.15) is 17.7 Å². The average molecular weight is 294 g/mol. The van der Waals surface area contributed by atoms with Crippen LogP contribution in [-0.4, -0.2) is 10.1 Å². The van der Waals surface area contributed by atoms with Crippen molar-refractivity contribution in [1.82, 2.24) is 4.98 Å². The monoisotopic (exact) mass is 293 g/mol. The molecule has 2 aromatic rings. The molecule has 1 aromatic carbocycles. The van der Waals surface area contributed by atoms with Gasteiger partial charge in [-0.25, -0.2) is 4.98 Å². The predicted molar refractivity (Wildman–Crippen MR) is 67.9 cm³/mol. The molecule has 17 heavy (non-hydrogen) atoms. The molecule has 4 heteroatoms. The van der Waals surface area contributed by atoms with E-state index in [4.69, 9.17) is 4.42 Å². The third kappa shape index (κ3) is 1.97. The van der Waals surface area contributed by atoms with Crippen LogP contribution in [0, 0.1) is 0 Å². The fourth-order valence-electron chi connectivity index (χ4n) is 1.93. The van der Waals surface area contributed by atoms with Crippen LogP contribution in [0.2, 0.25) is 0 Å². The Morgan fingerprint density at radius 3 is 2.82 bits per heavy atom. The molecule has 1 saturated carbocycles. The summed E-state index contributed by atoms with van der Waals surface area (Å²) in [6.45, 7) is 0. The third-order valence-corrected chi connectivity index (χ3v) is 3.89. The molecule has 0 aliphatic heterocycles. The Morgan fingerprint density at radius 2 is 2.18 bits per heavy atom. The van der Waals surface area contributed by atoms with Crippen molar-refractivity contribution in [3.05, 3.63) is 34.8 Å². The topological polar surface area (TPSA) is 46.3 Å². The van der Waals surface area contributed by atoms with E-state index in [1.165, 1.54) is 19.3 Å². The fraction of sp³-hybridized carbons (Fsp3) is 0.308. The number of phenols is 1. The molecule has 0 unspecified atom stereocenters. The number of halogens is 1. The van der Waals surface area contributed by atoms with Crippen LogP contribution < -0.4 is 0 Å². The second kappa shape index (κ2) is 4.18. The van der Waals surface area contributed by atoms with E-state index in [1.54, 1.807) is 12.3 Å². The van der Waals surface area contributed by atoms with Crippen molar-refractivity contribution in [3.63, 3.8) is 0 Å². The highest BCUT2D eigenvalue weighted by molar-refractivity contribution is 9.10. The quantitative estimate of drug-likeness (QED) is 0.907. The average Bonchev–Trinajstić information content (AvgIpc) is 2.69. The van der Waals surface area contributed by atoms with E-state index in [-0.39, 0.29) is 5.75 Å². The molecular weight excluding hydrogens is 282 g/mol. The molecule has 0 saturated heterocycles. The molecule has 1 aliphatic rings. The van der Waals surface area contributed by atoms with Gasteiger partial charge in [0.2, 0.25) is 0 Å². The Bertz CT molecular complexity index is 546. The second-order valence-electron chi connectivity index (χ2n) is 4.37. The smallest absolute Gasteiger partial charge is 0.197 e. The highest BCUT2D eigenvalue weighted by atomic mass is 79.9. The molecule has 1 fully saturated rings. The molecule has 1 heterocycles. The predicted octanol–water partition coefficient (Wildman–Crippen LogP) is 4.08. The minimum atomic E-state index is 0.218. The van der Waals surface area contributed by atoms with Crippen molar-refractivity contribution in [2.24, 2.45) is 0 Å². The van der Waals surface area contributed by atoms with E-state index >= 15 is 0 Å². The van der Waals surface area contributed by atoms with Gasteiger partial charge in [0.05, 0.1) is 4.47 Å². The summed E-state index contributed by atoms with van der Waals surface area (Å²) in [4.78, 5) is 4.48. The van der Waals surface area contributed by atoms with Crippen molar-refractivity contribution >= 4 is 15.9 Å². The van der Waals surface area contributed by atoms with Gasteiger partial charge >= 0.3 is 0 Å². The van der Waals surface area contributed by atoms with Gasteiger partial charge in [-0.1, -0.05) is 12.5 Å². The second-order valence-corrected chi connectivity index (χ2v) is 5.22. The van der Waals surface area contributed by atoms with E-state index < -0.39 is 0 Å². The lowest BCUT2D eigenvalue weighted by atomic mass is 9.85. The van der Waals surface area contributed by atoms with E-state index in [0.29, 0.717) is 10.4 Å². The number of aromatic hydroxyl groups is 1. The molecule has 0 amide bonds. The highest BCUT2D eigenvalue weighted by Gasteiger charge is 2.24. The van der Waals surface area contributed by atoms with Crippen molar-refractivity contribution in [3.8, 4) is 17.0 Å². The molecule has 1 aromatic heterocycles. The summed E-state index contributed by atoms with van der Waals surface area (Å²) in [5.74, 6) is 1.54. The van der Waals surface area contributed by atoms with Crippen LogP contribution in [0.1, 0.15) is 31.1 Å². The Balaban J connectivity index is 1.92. The first-order chi connectivity index (χ1) is 8.24. The van der Waals surface area contributed by atoms with Gasteiger partial charge in [0.15, 0.2) is 5.89 Å². The summed E-state index contributed by atoms with van der Waals surface area (Å²) in [5.41, 5.74) is 1.66. The first-order valence-electron chi connectivity index (χ1n) is 5.68. The summed E-state index contributed by atoms with van der Waals surface area (Å²) in [6, 6.07) is 5.40. The zero-order valence-corrected chi connectivity index (χ0v) is 10.8. The first-order valence-corrected chi connectivity index (χ1v) is 6.47. The minimum absolute atomic E-state index is 0.218. The standard InChI is InChI=1S/C13H12BrNO2/c14-10-5-4-9(6-12(10)16)11-7-17-13(15-11)8-2-1-3-8/h4-8,16H,1-3H2. The highest BCUT2D eigenvalue weighted by Crippen LogP contribution is 2.37. The van der Waals surface area contributed by atoms with Gasteiger partial charge in [-0.3, -0.25) is 0 Å². The van der Waals surface area contributed by atoms with Gasteiger partial charge in [0, 0.05) is 11.5 Å². The van der Waals surface area contributed by atoms with E-state index in [1.807, 2.05) is 12.1 Å². The molecule has 1 aliphatic carbocycles. The molecule has 0 bridgehead atoms. The third-order valence-electron chi connectivity index (χ3n) is 3.22. The number of oxazole rings is 1. The number of rotatable bonds is 2. The molecule has 3 rings (SSSR count). The first kappa shape index (κ1) is 10.8. The summed E-state index contributed by atoms with van der Waals surface area (Å²) < 4.78 is 6.17. The van der Waals surface area contributed by atoms with E-state index in [2.05, 4.69) is 20.9 Å². The fourth-order valence-corrected chi connectivity index (χ4v) is 2.18. The maximum Gasteiger partial charge on any atom is 0.197 e. The van der Waals surface area contributed by atoms with Gasteiger partial charge in [0.25, 0.3) is 0 Å². The number of aromatic nitrogens is 1. The maximum atomic E-state index is 9.63. The number of nitrogens with zero attached hydrogens (tertiary/aromatic N) is 1. The minimum Gasteiger partial charge on any atom is -0.507 e. The van der Waals surface area contributed by atoms with Crippen LogP contribution >= 0.6 is 15.9 Å². The van der Waals surface area contributed by atoms with Crippen LogP contribution in [0.5, 0.6) is 5.75 Å². The Hall–Kier alpha value is -1.29. The normalized spacial score (nSPS) is 15.8. The lowest BCUT2D eigenvalue weighted by Gasteiger charge is -2.21. The zero-order chi connectivity index (χ0) is 11.8. The van der Waals surface area contributed by atoms with Gasteiger partial charge in [-0.2, -0.15) is 0 Å². The number of benzene rings is 1.